The molecule has 0 fully saturated rings. The Morgan fingerprint density at radius 2 is 2.20 bits per heavy atom. The predicted octanol–water partition coefficient (Wildman–Crippen LogP) is 2.74. The predicted molar refractivity (Wildman–Crippen MR) is 78.5 cm³/mol. The van der Waals surface area contributed by atoms with E-state index in [1.54, 1.807) is 4.90 Å². The van der Waals surface area contributed by atoms with Crippen molar-refractivity contribution in [2.24, 2.45) is 5.41 Å². The van der Waals surface area contributed by atoms with Gasteiger partial charge < -0.3 is 9.64 Å². The molecule has 6 nitrogen and oxygen atoms in total. The van der Waals surface area contributed by atoms with E-state index in [4.69, 9.17) is 4.74 Å². The number of amides is 1. The van der Waals surface area contributed by atoms with Gasteiger partial charge in [-0.05, 0) is 11.5 Å². The summed E-state index contributed by atoms with van der Waals surface area (Å²) in [6, 6.07) is 4.30. The Morgan fingerprint density at radius 3 is 2.80 bits per heavy atom. The van der Waals surface area contributed by atoms with Crippen molar-refractivity contribution in [3.8, 4) is 5.75 Å². The van der Waals surface area contributed by atoms with Crippen LogP contribution in [-0.2, 0) is 4.79 Å². The molecule has 0 atom stereocenters. The van der Waals surface area contributed by atoms with E-state index >= 15 is 0 Å². The molecule has 1 heterocycles. The van der Waals surface area contributed by atoms with Gasteiger partial charge >= 0.3 is 0 Å². The third kappa shape index (κ3) is 2.92. The fourth-order valence-corrected chi connectivity index (χ4v) is 2.13. The third-order valence-corrected chi connectivity index (χ3v) is 4.56. The van der Waals surface area contributed by atoms with Crippen molar-refractivity contribution in [1.29, 1.82) is 0 Å². The number of alkyl halides is 1. The highest BCUT2D eigenvalue weighted by atomic mass is 79.9. The number of nitro benzene ring substituents is 1. The highest BCUT2D eigenvalue weighted by molar-refractivity contribution is 9.09. The highest BCUT2D eigenvalue weighted by Crippen LogP contribution is 2.37. The Labute approximate surface area is 125 Å². The van der Waals surface area contributed by atoms with Crippen molar-refractivity contribution in [1.82, 2.24) is 0 Å². The average Bonchev–Trinajstić information content (AvgIpc) is 2.41. The number of halogens is 1. The number of anilines is 1. The standard InChI is InChI=1S/C13H15BrN2O4/c1-13(2,7-14)8-15-10-5-9(16(18)19)3-4-11(10)20-6-12(15)17/h3-5H,6-8H2,1-2H3. The maximum Gasteiger partial charge on any atom is 0.271 e. The summed E-state index contributed by atoms with van der Waals surface area (Å²) in [6.45, 7) is 4.46. The molecule has 0 unspecified atom stereocenters. The van der Waals surface area contributed by atoms with Crippen LogP contribution in [0.1, 0.15) is 13.8 Å². The summed E-state index contributed by atoms with van der Waals surface area (Å²) in [4.78, 5) is 24.0. The first-order valence-electron chi connectivity index (χ1n) is 6.12. The summed E-state index contributed by atoms with van der Waals surface area (Å²) < 4.78 is 5.32. The van der Waals surface area contributed by atoms with Crippen LogP contribution in [0.2, 0.25) is 0 Å². The van der Waals surface area contributed by atoms with Gasteiger partial charge in [-0.2, -0.15) is 0 Å². The lowest BCUT2D eigenvalue weighted by molar-refractivity contribution is -0.384. The molecule has 0 saturated heterocycles. The fourth-order valence-electron chi connectivity index (χ4n) is 1.95. The lowest BCUT2D eigenvalue weighted by Crippen LogP contribution is -2.44. The molecule has 108 valence electrons. The Hall–Kier alpha value is -1.63. The van der Waals surface area contributed by atoms with E-state index in [0.29, 0.717) is 18.0 Å². The maximum atomic E-state index is 12.0. The monoisotopic (exact) mass is 342 g/mol. The molecule has 0 bridgehead atoms. The summed E-state index contributed by atoms with van der Waals surface area (Å²) in [5, 5.41) is 11.6. The Morgan fingerprint density at radius 1 is 1.50 bits per heavy atom. The van der Waals surface area contributed by atoms with Gasteiger partial charge in [0.1, 0.15) is 5.75 Å². The number of hydrogen-bond acceptors (Lipinski definition) is 4. The average molecular weight is 343 g/mol. The van der Waals surface area contributed by atoms with E-state index in [1.807, 2.05) is 13.8 Å². The fraction of sp³-hybridized carbons (Fsp3) is 0.462. The van der Waals surface area contributed by atoms with Crippen LogP contribution >= 0.6 is 15.9 Å². The lowest BCUT2D eigenvalue weighted by atomic mass is 9.95. The Kier molecular flexibility index (Phi) is 3.99. The number of benzene rings is 1. The number of ether oxygens (including phenoxy) is 1. The lowest BCUT2D eigenvalue weighted by Gasteiger charge is -2.34. The summed E-state index contributed by atoms with van der Waals surface area (Å²) in [6.07, 6.45) is 0. The van der Waals surface area contributed by atoms with Gasteiger partial charge in [0.05, 0.1) is 10.6 Å². The van der Waals surface area contributed by atoms with Gasteiger partial charge in [0, 0.05) is 24.0 Å². The van der Waals surface area contributed by atoms with Crippen molar-refractivity contribution >= 4 is 33.2 Å². The number of carbonyl (C=O) groups is 1. The first-order valence-corrected chi connectivity index (χ1v) is 7.24. The number of non-ortho nitro benzene ring substituents is 1. The van der Waals surface area contributed by atoms with Gasteiger partial charge in [-0.1, -0.05) is 29.8 Å². The van der Waals surface area contributed by atoms with Crippen molar-refractivity contribution in [3.05, 3.63) is 28.3 Å². The van der Waals surface area contributed by atoms with Crippen LogP contribution < -0.4 is 9.64 Å². The second-order valence-corrected chi connectivity index (χ2v) is 6.04. The summed E-state index contributed by atoms with van der Waals surface area (Å²) >= 11 is 3.42. The first kappa shape index (κ1) is 14.8. The van der Waals surface area contributed by atoms with Crippen LogP contribution in [0.5, 0.6) is 5.75 Å². The minimum Gasteiger partial charge on any atom is -0.482 e. The van der Waals surface area contributed by atoms with Crippen LogP contribution in [0.25, 0.3) is 0 Å². The zero-order valence-corrected chi connectivity index (χ0v) is 12.8. The topological polar surface area (TPSA) is 72.7 Å². The minimum atomic E-state index is -0.479. The van der Waals surface area contributed by atoms with Gasteiger partial charge in [0.25, 0.3) is 11.6 Å². The molecule has 1 aliphatic rings. The van der Waals surface area contributed by atoms with Gasteiger partial charge in [0.15, 0.2) is 6.61 Å². The van der Waals surface area contributed by atoms with E-state index in [9.17, 15) is 14.9 Å². The van der Waals surface area contributed by atoms with Crippen LogP contribution in [0.15, 0.2) is 18.2 Å². The van der Waals surface area contributed by atoms with Crippen LogP contribution in [0.3, 0.4) is 0 Å². The molecule has 0 saturated carbocycles. The maximum absolute atomic E-state index is 12.0. The number of rotatable bonds is 4. The molecule has 0 N–H and O–H groups in total. The molecular formula is C13H15BrN2O4. The summed E-state index contributed by atoms with van der Waals surface area (Å²) in [5.74, 6) is 0.313. The minimum absolute atomic E-state index is 0.0385. The molecule has 1 aromatic rings. The quantitative estimate of drug-likeness (QED) is 0.479. The molecule has 0 aromatic heterocycles. The summed E-state index contributed by atoms with van der Waals surface area (Å²) in [5.41, 5.74) is 0.266. The summed E-state index contributed by atoms with van der Waals surface area (Å²) in [7, 11) is 0. The van der Waals surface area contributed by atoms with Crippen molar-refractivity contribution in [2.75, 3.05) is 23.4 Å². The van der Waals surface area contributed by atoms with Gasteiger partial charge in [-0.3, -0.25) is 14.9 Å². The third-order valence-electron chi connectivity index (χ3n) is 3.04. The van der Waals surface area contributed by atoms with Crippen molar-refractivity contribution in [2.45, 2.75) is 13.8 Å². The molecule has 2 rings (SSSR count). The molecule has 1 amide bonds. The van der Waals surface area contributed by atoms with Crippen molar-refractivity contribution in [3.63, 3.8) is 0 Å². The molecular weight excluding hydrogens is 328 g/mol. The second kappa shape index (κ2) is 5.40. The SMILES string of the molecule is CC(C)(CBr)CN1C(=O)COc2ccc([N+](=O)[O-])cc21. The van der Waals surface area contributed by atoms with Crippen molar-refractivity contribution < 1.29 is 14.5 Å². The van der Waals surface area contributed by atoms with Gasteiger partial charge in [0.2, 0.25) is 0 Å². The number of fused-ring (bicyclic) bond motifs is 1. The number of carbonyl (C=O) groups excluding carboxylic acids is 1. The van der Waals surface area contributed by atoms with Crippen LogP contribution in [0, 0.1) is 15.5 Å². The smallest absolute Gasteiger partial charge is 0.271 e. The van der Waals surface area contributed by atoms with E-state index in [-0.39, 0.29) is 23.6 Å². The second-order valence-electron chi connectivity index (χ2n) is 5.48. The zero-order chi connectivity index (χ0) is 14.9. The Bertz CT molecular complexity index is 559. The number of hydrogen-bond donors (Lipinski definition) is 0. The van der Waals surface area contributed by atoms with Crippen LogP contribution in [0.4, 0.5) is 11.4 Å². The largest absolute Gasteiger partial charge is 0.482 e. The molecule has 7 heteroatoms. The van der Waals surface area contributed by atoms with Gasteiger partial charge in [-0.15, -0.1) is 0 Å². The number of nitrogens with zero attached hydrogens (tertiary/aromatic N) is 2. The normalized spacial score (nSPS) is 14.8. The molecule has 1 aromatic carbocycles. The molecule has 1 aliphatic heterocycles. The zero-order valence-electron chi connectivity index (χ0n) is 11.3. The molecule has 0 aliphatic carbocycles. The highest BCUT2D eigenvalue weighted by Gasteiger charge is 2.31. The Balaban J connectivity index is 2.41. The van der Waals surface area contributed by atoms with E-state index in [2.05, 4.69) is 15.9 Å². The van der Waals surface area contributed by atoms with E-state index in [1.165, 1.54) is 18.2 Å². The molecule has 0 radical (unpaired) electrons. The van der Waals surface area contributed by atoms with E-state index in [0.717, 1.165) is 5.33 Å². The van der Waals surface area contributed by atoms with E-state index < -0.39 is 4.92 Å². The molecule has 20 heavy (non-hydrogen) atoms. The molecule has 0 spiro atoms. The van der Waals surface area contributed by atoms with Gasteiger partial charge in [-0.25, -0.2) is 0 Å². The van der Waals surface area contributed by atoms with Crippen LogP contribution in [-0.4, -0.2) is 29.3 Å². The number of nitro groups is 1. The first-order chi connectivity index (χ1) is 9.34.